The van der Waals surface area contributed by atoms with Gasteiger partial charge in [-0.2, -0.15) is 0 Å². The highest BCUT2D eigenvalue weighted by molar-refractivity contribution is 7.97. The van der Waals surface area contributed by atoms with Gasteiger partial charge in [0.1, 0.15) is 0 Å². The summed E-state index contributed by atoms with van der Waals surface area (Å²) in [6, 6.07) is 15.2. The highest BCUT2D eigenvalue weighted by atomic mass is 35.5. The highest BCUT2D eigenvalue weighted by Crippen LogP contribution is 2.26. The molecule has 0 unspecified atom stereocenters. The normalized spacial score (nSPS) is 12.5. The summed E-state index contributed by atoms with van der Waals surface area (Å²) in [5, 5.41) is 3.74. The number of hydrogen-bond acceptors (Lipinski definition) is 4. The van der Waals surface area contributed by atoms with Crippen molar-refractivity contribution in [2.45, 2.75) is 4.90 Å². The maximum Gasteiger partial charge on any atom is 0.151 e. The number of carbonyl (C=O) groups excluding carboxylic acids is 1. The molecule has 1 aliphatic heterocycles. The second-order valence-corrected chi connectivity index (χ2v) is 5.08. The van der Waals surface area contributed by atoms with Gasteiger partial charge in [0.25, 0.3) is 0 Å². The standard InChI is InChI=1S/C7H5ClO.C7H8N2S/c8-7-4-2-1-3-6(7)5-9;1-2-4-7-6(3-1)8-5-9-10-7/h1-5H;1-4,8-9H,5H2. The minimum Gasteiger partial charge on any atom is -0.371 e. The summed E-state index contributed by atoms with van der Waals surface area (Å²) < 4.78 is 3.15. The Balaban J connectivity index is 0.000000141. The Hall–Kier alpha value is -1.49. The number of aldehydes is 1. The van der Waals surface area contributed by atoms with E-state index in [2.05, 4.69) is 22.2 Å². The van der Waals surface area contributed by atoms with Gasteiger partial charge < -0.3 is 5.32 Å². The second kappa shape index (κ2) is 7.19. The van der Waals surface area contributed by atoms with E-state index >= 15 is 0 Å². The highest BCUT2D eigenvalue weighted by Gasteiger charge is 2.05. The Morgan fingerprint density at radius 3 is 2.53 bits per heavy atom. The fourth-order valence-corrected chi connectivity index (χ4v) is 2.39. The summed E-state index contributed by atoms with van der Waals surface area (Å²) in [5.41, 5.74) is 1.77. The van der Waals surface area contributed by atoms with Crippen LogP contribution < -0.4 is 10.0 Å². The molecule has 19 heavy (non-hydrogen) atoms. The van der Waals surface area contributed by atoms with E-state index in [9.17, 15) is 4.79 Å². The van der Waals surface area contributed by atoms with Crippen LogP contribution in [0.4, 0.5) is 5.69 Å². The molecular formula is C14H13ClN2OS. The third kappa shape index (κ3) is 3.99. The zero-order valence-corrected chi connectivity index (χ0v) is 11.7. The van der Waals surface area contributed by atoms with Crippen molar-refractivity contribution in [1.29, 1.82) is 0 Å². The summed E-state index contributed by atoms with van der Waals surface area (Å²) in [6.45, 7) is 0.849. The Kier molecular flexibility index (Phi) is 5.27. The molecule has 0 fully saturated rings. The molecule has 1 heterocycles. The summed E-state index contributed by atoms with van der Waals surface area (Å²) in [5.74, 6) is 0. The van der Waals surface area contributed by atoms with Gasteiger partial charge in [0.05, 0.1) is 17.4 Å². The van der Waals surface area contributed by atoms with Gasteiger partial charge in [-0.1, -0.05) is 41.9 Å². The average molecular weight is 293 g/mol. The molecule has 0 saturated carbocycles. The molecule has 0 aliphatic carbocycles. The molecule has 1 aliphatic rings. The van der Waals surface area contributed by atoms with Crippen molar-refractivity contribution in [2.24, 2.45) is 0 Å². The van der Waals surface area contributed by atoms with Gasteiger partial charge in [0.15, 0.2) is 6.29 Å². The van der Waals surface area contributed by atoms with Crippen molar-refractivity contribution in [1.82, 2.24) is 4.72 Å². The number of anilines is 1. The molecule has 0 radical (unpaired) electrons. The third-order valence-electron chi connectivity index (χ3n) is 2.45. The van der Waals surface area contributed by atoms with E-state index in [0.29, 0.717) is 10.6 Å². The van der Waals surface area contributed by atoms with E-state index in [0.717, 1.165) is 13.0 Å². The van der Waals surface area contributed by atoms with E-state index in [1.807, 2.05) is 12.1 Å². The molecule has 0 saturated heterocycles. The summed E-state index contributed by atoms with van der Waals surface area (Å²) in [7, 11) is 0. The minimum absolute atomic E-state index is 0.507. The lowest BCUT2D eigenvalue weighted by atomic mass is 10.2. The lowest BCUT2D eigenvalue weighted by Crippen LogP contribution is -2.19. The van der Waals surface area contributed by atoms with Crippen molar-refractivity contribution in [3.8, 4) is 0 Å². The van der Waals surface area contributed by atoms with Crippen LogP contribution in [-0.2, 0) is 0 Å². The molecule has 0 spiro atoms. The zero-order chi connectivity index (χ0) is 13.5. The Bertz CT molecular complexity index is 538. The van der Waals surface area contributed by atoms with Gasteiger partial charge in [0, 0.05) is 10.5 Å². The molecule has 3 rings (SSSR count). The van der Waals surface area contributed by atoms with Crippen LogP contribution in [0.5, 0.6) is 0 Å². The lowest BCUT2D eigenvalue weighted by Gasteiger charge is -2.16. The number of rotatable bonds is 1. The van der Waals surface area contributed by atoms with Gasteiger partial charge in [0.2, 0.25) is 0 Å². The topological polar surface area (TPSA) is 41.1 Å². The fraction of sp³-hybridized carbons (Fsp3) is 0.0714. The molecule has 2 N–H and O–H groups in total. The van der Waals surface area contributed by atoms with Gasteiger partial charge >= 0.3 is 0 Å². The number of benzene rings is 2. The van der Waals surface area contributed by atoms with Crippen LogP contribution in [-0.4, -0.2) is 13.0 Å². The van der Waals surface area contributed by atoms with Crippen LogP contribution in [0.3, 0.4) is 0 Å². The monoisotopic (exact) mass is 292 g/mol. The van der Waals surface area contributed by atoms with Gasteiger partial charge in [-0.15, -0.1) is 0 Å². The fourth-order valence-electron chi connectivity index (χ4n) is 1.52. The molecule has 0 atom stereocenters. The SMILES string of the molecule is O=Cc1ccccc1Cl.c1ccc2c(c1)NCNS2. The van der Waals surface area contributed by atoms with Crippen molar-refractivity contribution in [2.75, 3.05) is 12.0 Å². The average Bonchev–Trinajstić information content (AvgIpc) is 2.49. The molecule has 0 aromatic heterocycles. The Labute approximate surface area is 121 Å². The van der Waals surface area contributed by atoms with Crippen LogP contribution in [0.2, 0.25) is 5.02 Å². The molecule has 5 heteroatoms. The number of hydrogen-bond donors (Lipinski definition) is 2. The second-order valence-electron chi connectivity index (χ2n) is 3.74. The quantitative estimate of drug-likeness (QED) is 0.619. The van der Waals surface area contributed by atoms with Crippen LogP contribution in [0.1, 0.15) is 10.4 Å². The van der Waals surface area contributed by atoms with E-state index in [-0.39, 0.29) is 0 Å². The molecule has 2 aromatic rings. The minimum atomic E-state index is 0.507. The van der Waals surface area contributed by atoms with Gasteiger partial charge in [-0.25, -0.2) is 4.72 Å². The molecule has 0 amide bonds. The van der Waals surface area contributed by atoms with Crippen molar-refractivity contribution >= 4 is 35.5 Å². The van der Waals surface area contributed by atoms with Crippen molar-refractivity contribution in [3.05, 3.63) is 59.1 Å². The first-order valence-corrected chi connectivity index (χ1v) is 6.93. The first-order chi connectivity index (χ1) is 9.31. The summed E-state index contributed by atoms with van der Waals surface area (Å²) >= 11 is 7.27. The lowest BCUT2D eigenvalue weighted by molar-refractivity contribution is 0.112. The maximum atomic E-state index is 10.1. The van der Waals surface area contributed by atoms with Crippen LogP contribution in [0, 0.1) is 0 Å². The van der Waals surface area contributed by atoms with E-state index < -0.39 is 0 Å². The van der Waals surface area contributed by atoms with E-state index in [1.165, 1.54) is 10.6 Å². The number of para-hydroxylation sites is 1. The van der Waals surface area contributed by atoms with Gasteiger partial charge in [-0.05, 0) is 30.1 Å². The number of nitrogens with one attached hydrogen (secondary N) is 2. The summed E-state index contributed by atoms with van der Waals surface area (Å²) in [6.07, 6.45) is 0.738. The van der Waals surface area contributed by atoms with Crippen molar-refractivity contribution in [3.63, 3.8) is 0 Å². The smallest absolute Gasteiger partial charge is 0.151 e. The Morgan fingerprint density at radius 2 is 1.84 bits per heavy atom. The zero-order valence-electron chi connectivity index (χ0n) is 10.1. The predicted octanol–water partition coefficient (Wildman–Crippen LogP) is 3.82. The largest absolute Gasteiger partial charge is 0.371 e. The Morgan fingerprint density at radius 1 is 1.11 bits per heavy atom. The van der Waals surface area contributed by atoms with Crippen molar-refractivity contribution < 1.29 is 4.79 Å². The first kappa shape index (κ1) is 13.9. The predicted molar refractivity (Wildman–Crippen MR) is 80.8 cm³/mol. The number of halogens is 1. The van der Waals surface area contributed by atoms with E-state index in [4.69, 9.17) is 11.6 Å². The van der Waals surface area contributed by atoms with Crippen LogP contribution >= 0.6 is 23.5 Å². The van der Waals surface area contributed by atoms with E-state index in [1.54, 1.807) is 36.2 Å². The maximum absolute atomic E-state index is 10.1. The van der Waals surface area contributed by atoms with Gasteiger partial charge in [-0.3, -0.25) is 4.79 Å². The number of carbonyl (C=O) groups is 1. The summed E-state index contributed by atoms with van der Waals surface area (Å²) in [4.78, 5) is 11.4. The third-order valence-corrected chi connectivity index (χ3v) is 3.66. The molecule has 3 nitrogen and oxygen atoms in total. The van der Waals surface area contributed by atoms with Crippen LogP contribution in [0.15, 0.2) is 53.4 Å². The van der Waals surface area contributed by atoms with Crippen LogP contribution in [0.25, 0.3) is 0 Å². The molecule has 98 valence electrons. The molecule has 2 aromatic carbocycles. The first-order valence-electron chi connectivity index (χ1n) is 5.73. The molecule has 0 bridgehead atoms. The molecular weight excluding hydrogens is 280 g/mol. The number of fused-ring (bicyclic) bond motifs is 1.